The standard InChI is InChI=1S/C20H23N3OS/c1-14(13-21)22-19(24)20(2,15-8-4-3-5-9-15)12-18-23-16-10-6-7-11-17(16)25-18/h3-11,14H,12-13,21H2,1-2H3,(H,22,24)/t14-,20?/m0/s1. The first-order valence-electron chi connectivity index (χ1n) is 8.44. The number of aromatic nitrogens is 1. The van der Waals surface area contributed by atoms with Crippen molar-refractivity contribution in [2.24, 2.45) is 5.73 Å². The summed E-state index contributed by atoms with van der Waals surface area (Å²) >= 11 is 1.65. The van der Waals surface area contributed by atoms with Crippen LogP contribution in [0.2, 0.25) is 0 Å². The topological polar surface area (TPSA) is 68.0 Å². The van der Waals surface area contributed by atoms with Gasteiger partial charge in [-0.2, -0.15) is 0 Å². The van der Waals surface area contributed by atoms with Crippen molar-refractivity contribution in [3.05, 3.63) is 65.2 Å². The summed E-state index contributed by atoms with van der Waals surface area (Å²) in [6, 6.07) is 17.9. The van der Waals surface area contributed by atoms with Crippen molar-refractivity contribution in [1.82, 2.24) is 10.3 Å². The van der Waals surface area contributed by atoms with Crippen LogP contribution in [0.15, 0.2) is 54.6 Å². The zero-order valence-corrected chi connectivity index (χ0v) is 15.3. The molecule has 0 saturated carbocycles. The first kappa shape index (κ1) is 17.6. The molecular weight excluding hydrogens is 330 g/mol. The highest BCUT2D eigenvalue weighted by molar-refractivity contribution is 7.18. The molecule has 1 unspecified atom stereocenters. The third kappa shape index (κ3) is 3.72. The number of nitrogens with zero attached hydrogens (tertiary/aromatic N) is 1. The van der Waals surface area contributed by atoms with Gasteiger partial charge in [0.2, 0.25) is 5.91 Å². The summed E-state index contributed by atoms with van der Waals surface area (Å²) in [5.41, 5.74) is 6.95. The molecule has 0 aliphatic heterocycles. The fourth-order valence-electron chi connectivity index (χ4n) is 2.86. The van der Waals surface area contributed by atoms with E-state index in [-0.39, 0.29) is 11.9 Å². The van der Waals surface area contributed by atoms with Gasteiger partial charge in [0, 0.05) is 19.0 Å². The van der Waals surface area contributed by atoms with Crippen molar-refractivity contribution in [3.63, 3.8) is 0 Å². The number of nitrogens with two attached hydrogens (primary N) is 1. The molecule has 25 heavy (non-hydrogen) atoms. The number of amides is 1. The Balaban J connectivity index is 1.97. The average molecular weight is 353 g/mol. The lowest BCUT2D eigenvalue weighted by atomic mass is 9.78. The van der Waals surface area contributed by atoms with E-state index >= 15 is 0 Å². The van der Waals surface area contributed by atoms with Gasteiger partial charge in [-0.15, -0.1) is 11.3 Å². The Morgan fingerprint density at radius 1 is 1.20 bits per heavy atom. The van der Waals surface area contributed by atoms with Crippen molar-refractivity contribution in [3.8, 4) is 0 Å². The molecule has 130 valence electrons. The zero-order valence-electron chi connectivity index (χ0n) is 14.5. The summed E-state index contributed by atoms with van der Waals surface area (Å²) in [4.78, 5) is 17.8. The Hall–Kier alpha value is -2.24. The van der Waals surface area contributed by atoms with Gasteiger partial charge in [-0.25, -0.2) is 4.98 Å². The number of benzene rings is 2. The van der Waals surface area contributed by atoms with Crippen LogP contribution in [-0.4, -0.2) is 23.5 Å². The Labute approximate surface area is 152 Å². The van der Waals surface area contributed by atoms with E-state index < -0.39 is 5.41 Å². The minimum absolute atomic E-state index is 0.0177. The van der Waals surface area contributed by atoms with E-state index in [1.807, 2.05) is 62.4 Å². The second kappa shape index (κ2) is 7.33. The van der Waals surface area contributed by atoms with Crippen molar-refractivity contribution in [1.29, 1.82) is 0 Å². The van der Waals surface area contributed by atoms with Crippen LogP contribution in [0.25, 0.3) is 10.2 Å². The highest BCUT2D eigenvalue weighted by Gasteiger charge is 2.36. The SMILES string of the molecule is C[C@@H](CN)NC(=O)C(C)(Cc1nc2ccccc2s1)c1ccccc1. The molecular formula is C20H23N3OS. The normalized spacial score (nSPS) is 14.8. The van der Waals surface area contributed by atoms with Gasteiger partial charge in [0.15, 0.2) is 0 Å². The zero-order chi connectivity index (χ0) is 17.9. The summed E-state index contributed by atoms with van der Waals surface area (Å²) in [7, 11) is 0. The molecule has 3 N–H and O–H groups in total. The second-order valence-electron chi connectivity index (χ2n) is 6.56. The lowest BCUT2D eigenvalue weighted by Gasteiger charge is -2.29. The van der Waals surface area contributed by atoms with Gasteiger partial charge < -0.3 is 11.1 Å². The van der Waals surface area contributed by atoms with E-state index in [0.717, 1.165) is 20.8 Å². The summed E-state index contributed by atoms with van der Waals surface area (Å²) in [5, 5.41) is 4.00. The molecule has 0 spiro atoms. The summed E-state index contributed by atoms with van der Waals surface area (Å²) in [6.07, 6.45) is 0.555. The van der Waals surface area contributed by atoms with Crippen LogP contribution in [-0.2, 0) is 16.6 Å². The van der Waals surface area contributed by atoms with Crippen molar-refractivity contribution in [2.75, 3.05) is 6.54 Å². The summed E-state index contributed by atoms with van der Waals surface area (Å²) < 4.78 is 1.14. The van der Waals surface area contributed by atoms with Gasteiger partial charge in [-0.3, -0.25) is 4.79 Å². The van der Waals surface area contributed by atoms with Crippen LogP contribution in [0.4, 0.5) is 0 Å². The lowest BCUT2D eigenvalue weighted by Crippen LogP contribution is -2.49. The van der Waals surface area contributed by atoms with Crippen LogP contribution in [0.1, 0.15) is 24.4 Å². The van der Waals surface area contributed by atoms with Gasteiger partial charge in [0.1, 0.15) is 0 Å². The number of fused-ring (bicyclic) bond motifs is 1. The predicted octanol–water partition coefficient (Wildman–Crippen LogP) is 3.26. The smallest absolute Gasteiger partial charge is 0.231 e. The fraction of sp³-hybridized carbons (Fsp3) is 0.300. The van der Waals surface area contributed by atoms with Crippen LogP contribution in [0, 0.1) is 0 Å². The number of hydrogen-bond acceptors (Lipinski definition) is 4. The minimum atomic E-state index is -0.696. The van der Waals surface area contributed by atoms with E-state index in [2.05, 4.69) is 11.4 Å². The number of carbonyl (C=O) groups is 1. The van der Waals surface area contributed by atoms with E-state index in [1.165, 1.54) is 0 Å². The molecule has 3 rings (SSSR count). The van der Waals surface area contributed by atoms with E-state index in [9.17, 15) is 4.79 Å². The van der Waals surface area contributed by atoms with Crippen LogP contribution < -0.4 is 11.1 Å². The fourth-order valence-corrected chi connectivity index (χ4v) is 3.98. The molecule has 2 aromatic carbocycles. The molecule has 1 amide bonds. The van der Waals surface area contributed by atoms with Crippen LogP contribution in [0.3, 0.4) is 0 Å². The number of rotatable bonds is 6. The molecule has 1 heterocycles. The van der Waals surface area contributed by atoms with Gasteiger partial charge in [-0.1, -0.05) is 42.5 Å². The van der Waals surface area contributed by atoms with Crippen molar-refractivity contribution >= 4 is 27.5 Å². The molecule has 0 aliphatic carbocycles. The molecule has 0 aliphatic rings. The maximum atomic E-state index is 13.1. The second-order valence-corrected chi connectivity index (χ2v) is 7.68. The summed E-state index contributed by atoms with van der Waals surface area (Å²) in [5.74, 6) is -0.0177. The highest BCUT2D eigenvalue weighted by Crippen LogP contribution is 2.32. The molecule has 0 saturated heterocycles. The number of carbonyl (C=O) groups excluding carboxylic acids is 1. The van der Waals surface area contributed by atoms with Crippen molar-refractivity contribution in [2.45, 2.75) is 31.7 Å². The van der Waals surface area contributed by atoms with Crippen LogP contribution in [0.5, 0.6) is 0 Å². The molecule has 0 fully saturated rings. The third-order valence-electron chi connectivity index (χ3n) is 4.49. The van der Waals surface area contributed by atoms with Crippen molar-refractivity contribution < 1.29 is 4.79 Å². The van der Waals surface area contributed by atoms with Gasteiger partial charge >= 0.3 is 0 Å². The Morgan fingerprint density at radius 3 is 2.56 bits per heavy atom. The molecule has 5 heteroatoms. The molecule has 2 atom stereocenters. The van der Waals surface area contributed by atoms with Crippen LogP contribution >= 0.6 is 11.3 Å². The number of nitrogens with one attached hydrogen (secondary N) is 1. The summed E-state index contributed by atoms with van der Waals surface area (Å²) in [6.45, 7) is 4.31. The van der Waals surface area contributed by atoms with Gasteiger partial charge in [0.25, 0.3) is 0 Å². The van der Waals surface area contributed by atoms with E-state index in [0.29, 0.717) is 13.0 Å². The molecule has 0 radical (unpaired) electrons. The predicted molar refractivity (Wildman–Crippen MR) is 104 cm³/mol. The van der Waals surface area contributed by atoms with Gasteiger partial charge in [-0.05, 0) is 31.5 Å². The minimum Gasteiger partial charge on any atom is -0.352 e. The number of thiazole rings is 1. The average Bonchev–Trinajstić information content (AvgIpc) is 3.04. The van der Waals surface area contributed by atoms with Gasteiger partial charge in [0.05, 0.1) is 20.6 Å². The van der Waals surface area contributed by atoms with E-state index in [1.54, 1.807) is 11.3 Å². The Morgan fingerprint density at radius 2 is 1.88 bits per heavy atom. The molecule has 4 nitrogen and oxygen atoms in total. The third-order valence-corrected chi connectivity index (χ3v) is 5.52. The molecule has 1 aromatic heterocycles. The first-order valence-corrected chi connectivity index (χ1v) is 9.25. The number of para-hydroxylation sites is 1. The maximum absolute atomic E-state index is 13.1. The molecule has 3 aromatic rings. The Kier molecular flexibility index (Phi) is 5.16. The maximum Gasteiger partial charge on any atom is 0.231 e. The quantitative estimate of drug-likeness (QED) is 0.715. The van der Waals surface area contributed by atoms with E-state index in [4.69, 9.17) is 10.7 Å². The first-order chi connectivity index (χ1) is 12.0. The molecule has 0 bridgehead atoms. The number of hydrogen-bond donors (Lipinski definition) is 2. The lowest BCUT2D eigenvalue weighted by molar-refractivity contribution is -0.126. The monoisotopic (exact) mass is 353 g/mol. The highest BCUT2D eigenvalue weighted by atomic mass is 32.1. The largest absolute Gasteiger partial charge is 0.352 e. The Bertz CT molecular complexity index is 829.